The first-order chi connectivity index (χ1) is 15.2. The summed E-state index contributed by atoms with van der Waals surface area (Å²) in [5.41, 5.74) is 0.114. The zero-order chi connectivity index (χ0) is 23.5. The number of halogens is 2. The van der Waals surface area contributed by atoms with Gasteiger partial charge in [-0.15, -0.1) is 5.01 Å². The van der Waals surface area contributed by atoms with Gasteiger partial charge in [-0.1, -0.05) is 12.1 Å². The van der Waals surface area contributed by atoms with Crippen LogP contribution >= 0.6 is 0 Å². The molecule has 0 bridgehead atoms. The molecule has 0 radical (unpaired) electrons. The maximum atomic E-state index is 12.9. The first kappa shape index (κ1) is 23.0. The number of hydrazone groups is 1. The molecule has 10 heteroatoms. The summed E-state index contributed by atoms with van der Waals surface area (Å²) < 4.78 is 29.0. The van der Waals surface area contributed by atoms with Gasteiger partial charge in [0.05, 0.1) is 6.21 Å². The number of aromatic hydroxyl groups is 1. The summed E-state index contributed by atoms with van der Waals surface area (Å²) >= 11 is 0. The van der Waals surface area contributed by atoms with E-state index in [0.717, 1.165) is 18.8 Å². The number of amides is 3. The molecule has 1 heterocycles. The molecule has 0 aliphatic carbocycles. The second-order valence-corrected chi connectivity index (χ2v) is 7.23. The Morgan fingerprint density at radius 1 is 1.19 bits per heavy atom. The Bertz CT molecular complexity index is 1030. The van der Waals surface area contributed by atoms with Crippen molar-refractivity contribution in [1.29, 1.82) is 0 Å². The van der Waals surface area contributed by atoms with E-state index in [-0.39, 0.29) is 11.5 Å². The van der Waals surface area contributed by atoms with Gasteiger partial charge in [-0.3, -0.25) is 4.79 Å². The number of carbonyl (C=O) groups excluding carboxylic acids is 2. The van der Waals surface area contributed by atoms with Gasteiger partial charge >= 0.3 is 12.6 Å². The first-order valence-corrected chi connectivity index (χ1v) is 10.0. The molecule has 1 saturated heterocycles. The molecule has 1 aliphatic heterocycles. The average molecular weight is 446 g/mol. The molecule has 0 aromatic heterocycles. The third-order valence-corrected chi connectivity index (χ3v) is 5.28. The minimum Gasteiger partial charge on any atom is -0.507 e. The molecule has 2 aromatic rings. The zero-order valence-electron chi connectivity index (χ0n) is 17.9. The van der Waals surface area contributed by atoms with Crippen molar-refractivity contribution in [2.75, 3.05) is 18.0 Å². The molecule has 2 N–H and O–H groups in total. The number of benzene rings is 2. The molecule has 1 fully saturated rings. The zero-order valence-corrected chi connectivity index (χ0v) is 17.9. The Hall–Kier alpha value is -3.69. The van der Waals surface area contributed by atoms with Gasteiger partial charge in [0.1, 0.15) is 17.0 Å². The fraction of sp³-hybridized carbons (Fsp3) is 0.318. The lowest BCUT2D eigenvalue weighted by atomic mass is 9.92. The van der Waals surface area contributed by atoms with E-state index < -0.39 is 24.1 Å². The highest BCUT2D eigenvalue weighted by Gasteiger charge is 2.49. The second-order valence-electron chi connectivity index (χ2n) is 7.23. The number of anilines is 1. The summed E-state index contributed by atoms with van der Waals surface area (Å²) in [4.78, 5) is 27.4. The average Bonchev–Trinajstić information content (AvgIpc) is 2.97. The molecule has 0 saturated carbocycles. The first-order valence-electron chi connectivity index (χ1n) is 10.0. The van der Waals surface area contributed by atoms with Crippen molar-refractivity contribution < 1.29 is 28.2 Å². The van der Waals surface area contributed by atoms with Crippen molar-refractivity contribution in [2.24, 2.45) is 5.10 Å². The van der Waals surface area contributed by atoms with Gasteiger partial charge in [-0.2, -0.15) is 13.9 Å². The van der Waals surface area contributed by atoms with E-state index in [4.69, 9.17) is 0 Å². The van der Waals surface area contributed by atoms with Crippen molar-refractivity contribution >= 4 is 23.8 Å². The number of phenols is 1. The number of urea groups is 1. The van der Waals surface area contributed by atoms with E-state index in [0.29, 0.717) is 16.1 Å². The third-order valence-electron chi connectivity index (χ3n) is 5.28. The summed E-state index contributed by atoms with van der Waals surface area (Å²) in [6.07, 6.45) is 1.23. The number of imide groups is 1. The van der Waals surface area contributed by atoms with Gasteiger partial charge in [0.15, 0.2) is 0 Å². The lowest BCUT2D eigenvalue weighted by Gasteiger charge is -2.21. The van der Waals surface area contributed by atoms with Crippen LogP contribution in [0.5, 0.6) is 11.5 Å². The maximum absolute atomic E-state index is 12.9. The monoisotopic (exact) mass is 446 g/mol. The number of hydrogen-bond acceptors (Lipinski definition) is 6. The fourth-order valence-corrected chi connectivity index (χ4v) is 3.44. The van der Waals surface area contributed by atoms with Crippen LogP contribution in [0.1, 0.15) is 31.9 Å². The summed E-state index contributed by atoms with van der Waals surface area (Å²) in [6.45, 7) is 4.08. The Kier molecular flexibility index (Phi) is 6.61. The molecular weight excluding hydrogens is 422 g/mol. The maximum Gasteiger partial charge on any atom is 0.387 e. The number of rotatable bonds is 8. The van der Waals surface area contributed by atoms with Crippen molar-refractivity contribution in [3.05, 3.63) is 53.6 Å². The number of ether oxygens (including phenoxy) is 1. The molecule has 0 spiro atoms. The van der Waals surface area contributed by atoms with Crippen LogP contribution in [-0.2, 0) is 10.3 Å². The van der Waals surface area contributed by atoms with Crippen LogP contribution < -0.4 is 15.0 Å². The van der Waals surface area contributed by atoms with E-state index in [1.54, 1.807) is 12.1 Å². The van der Waals surface area contributed by atoms with E-state index in [1.165, 1.54) is 37.4 Å². The number of nitrogens with one attached hydrogen (secondary N) is 1. The molecule has 3 amide bonds. The van der Waals surface area contributed by atoms with E-state index >= 15 is 0 Å². The molecular formula is C22H24F2N4O4. The molecule has 1 atom stereocenters. The number of carbonyl (C=O) groups is 2. The van der Waals surface area contributed by atoms with Gasteiger partial charge in [0, 0.05) is 30.4 Å². The highest BCUT2D eigenvalue weighted by atomic mass is 19.3. The van der Waals surface area contributed by atoms with Gasteiger partial charge in [0.25, 0.3) is 5.91 Å². The number of hydrogen-bond donors (Lipinski definition) is 2. The molecule has 3 rings (SSSR count). The third kappa shape index (κ3) is 4.48. The summed E-state index contributed by atoms with van der Waals surface area (Å²) in [5, 5.41) is 17.5. The predicted octanol–water partition coefficient (Wildman–Crippen LogP) is 3.64. The second kappa shape index (κ2) is 9.21. The van der Waals surface area contributed by atoms with Crippen molar-refractivity contribution in [3.63, 3.8) is 0 Å². The van der Waals surface area contributed by atoms with E-state index in [9.17, 15) is 23.5 Å². The molecule has 1 aliphatic rings. The fourth-order valence-electron chi connectivity index (χ4n) is 3.44. The van der Waals surface area contributed by atoms with Gasteiger partial charge in [0.2, 0.25) is 0 Å². The normalized spacial score (nSPS) is 18.5. The van der Waals surface area contributed by atoms with Crippen LogP contribution in [0.3, 0.4) is 0 Å². The van der Waals surface area contributed by atoms with Gasteiger partial charge < -0.3 is 20.1 Å². The van der Waals surface area contributed by atoms with Gasteiger partial charge in [-0.25, -0.2) is 4.79 Å². The van der Waals surface area contributed by atoms with Crippen molar-refractivity contribution in [1.82, 2.24) is 10.3 Å². The summed E-state index contributed by atoms with van der Waals surface area (Å²) in [5.74, 6) is -0.759. The predicted molar refractivity (Wildman–Crippen MR) is 115 cm³/mol. The van der Waals surface area contributed by atoms with Crippen LogP contribution in [0, 0.1) is 0 Å². The smallest absolute Gasteiger partial charge is 0.387 e. The quantitative estimate of drug-likeness (QED) is 0.477. The standard InChI is InChI=1S/C22H24F2N4O4/c1-4-27(5-2)16-9-6-14(18(29)12-16)13-25-28-19(30)22(3,26-21(28)31)15-7-10-17(11-8-15)32-20(23)24/h6-13,20,29H,4-5H2,1-3H3,(H,26,31)/b25-13+. The van der Waals surface area contributed by atoms with E-state index in [1.807, 2.05) is 19.9 Å². The number of nitrogens with zero attached hydrogens (tertiary/aromatic N) is 3. The van der Waals surface area contributed by atoms with Crippen LogP contribution in [0.4, 0.5) is 19.3 Å². The lowest BCUT2D eigenvalue weighted by Crippen LogP contribution is -2.40. The van der Waals surface area contributed by atoms with Crippen LogP contribution in [-0.4, -0.2) is 48.0 Å². The van der Waals surface area contributed by atoms with E-state index in [2.05, 4.69) is 20.1 Å². The van der Waals surface area contributed by atoms with Crippen LogP contribution in [0.25, 0.3) is 0 Å². The highest BCUT2D eigenvalue weighted by Crippen LogP contribution is 2.31. The topological polar surface area (TPSA) is 94.5 Å². The molecule has 2 aromatic carbocycles. The molecule has 170 valence electrons. The lowest BCUT2D eigenvalue weighted by molar-refractivity contribution is -0.131. The van der Waals surface area contributed by atoms with Crippen molar-refractivity contribution in [3.8, 4) is 11.5 Å². The van der Waals surface area contributed by atoms with Crippen molar-refractivity contribution in [2.45, 2.75) is 32.9 Å². The molecule has 32 heavy (non-hydrogen) atoms. The molecule has 8 nitrogen and oxygen atoms in total. The van der Waals surface area contributed by atoms with Crippen LogP contribution in [0.15, 0.2) is 47.6 Å². The molecule has 1 unspecified atom stereocenters. The Morgan fingerprint density at radius 3 is 2.41 bits per heavy atom. The van der Waals surface area contributed by atoms with Crippen LogP contribution in [0.2, 0.25) is 0 Å². The SMILES string of the molecule is CCN(CC)c1ccc(/C=N/N2C(=O)NC(C)(c3ccc(OC(F)F)cc3)C2=O)c(O)c1. The largest absolute Gasteiger partial charge is 0.507 e. The Morgan fingerprint density at radius 2 is 1.84 bits per heavy atom. The minimum atomic E-state index is -2.97. The minimum absolute atomic E-state index is 0.0393. The Labute approximate surface area is 184 Å². The summed E-state index contributed by atoms with van der Waals surface area (Å²) in [7, 11) is 0. The summed E-state index contributed by atoms with van der Waals surface area (Å²) in [6, 6.07) is 9.70. The number of alkyl halides is 2. The highest BCUT2D eigenvalue weighted by molar-refractivity contribution is 6.07. The van der Waals surface area contributed by atoms with Gasteiger partial charge in [-0.05, 0) is 50.6 Å². The number of phenolic OH excluding ortho intramolecular Hbond substituents is 1. The Balaban J connectivity index is 1.79.